The fourth-order valence-corrected chi connectivity index (χ4v) is 5.71. The lowest BCUT2D eigenvalue weighted by Gasteiger charge is -2.59. The minimum Gasteiger partial charge on any atom is -0.385 e. The molecule has 9 nitrogen and oxygen atoms in total. The van der Waals surface area contributed by atoms with Gasteiger partial charge in [-0.3, -0.25) is 19.4 Å². The van der Waals surface area contributed by atoms with Crippen LogP contribution in [0.2, 0.25) is 0 Å². The molecule has 2 aliphatic carbocycles. The van der Waals surface area contributed by atoms with E-state index >= 15 is 0 Å². The van der Waals surface area contributed by atoms with Gasteiger partial charge in [0.15, 0.2) is 0 Å². The summed E-state index contributed by atoms with van der Waals surface area (Å²) in [7, 11) is 1.70. The molecule has 1 aliphatic heterocycles. The van der Waals surface area contributed by atoms with Crippen molar-refractivity contribution in [2.75, 3.05) is 26.8 Å². The lowest BCUT2D eigenvalue weighted by molar-refractivity contribution is -0.140. The summed E-state index contributed by atoms with van der Waals surface area (Å²) in [5.41, 5.74) is 17.3. The molecule has 0 aromatic rings. The van der Waals surface area contributed by atoms with Gasteiger partial charge >= 0.3 is 6.03 Å². The zero-order chi connectivity index (χ0) is 22.1. The maximum absolute atomic E-state index is 13.1. The third kappa shape index (κ3) is 3.80. The fraction of sp³-hybridized carbons (Fsp3) is 0.762. The maximum atomic E-state index is 13.1. The van der Waals surface area contributed by atoms with Crippen molar-refractivity contribution >= 4 is 17.8 Å². The summed E-state index contributed by atoms with van der Waals surface area (Å²) in [5, 5.41) is 0. The van der Waals surface area contributed by atoms with Crippen molar-refractivity contribution in [3.05, 3.63) is 11.4 Å². The van der Waals surface area contributed by atoms with Crippen molar-refractivity contribution in [2.24, 2.45) is 28.0 Å². The van der Waals surface area contributed by atoms with Gasteiger partial charge < -0.3 is 21.9 Å². The second kappa shape index (κ2) is 8.55. The molecule has 3 fully saturated rings. The van der Waals surface area contributed by atoms with Crippen molar-refractivity contribution in [1.82, 2.24) is 9.80 Å². The third-order valence-corrected chi connectivity index (χ3v) is 7.12. The SMILES string of the molecule is CCCCN1C(=O)C(=C(N)N)C(=O)N(C2CCC3(CC2)CC(CN)(COC)C3)C1=O. The van der Waals surface area contributed by atoms with E-state index in [1.54, 1.807) is 7.11 Å². The second-order valence-corrected chi connectivity index (χ2v) is 9.32. The lowest BCUT2D eigenvalue weighted by atomic mass is 9.48. The maximum Gasteiger partial charge on any atom is 0.334 e. The number of hydrogen-bond donors (Lipinski definition) is 3. The summed E-state index contributed by atoms with van der Waals surface area (Å²) >= 11 is 0. The summed E-state index contributed by atoms with van der Waals surface area (Å²) in [6.07, 6.45) is 6.75. The van der Waals surface area contributed by atoms with Gasteiger partial charge in [-0.05, 0) is 50.4 Å². The van der Waals surface area contributed by atoms with Crippen molar-refractivity contribution < 1.29 is 19.1 Å². The highest BCUT2D eigenvalue weighted by atomic mass is 16.5. The number of hydrogen-bond acceptors (Lipinski definition) is 7. The van der Waals surface area contributed by atoms with Crippen LogP contribution in [0.3, 0.4) is 0 Å². The Hall–Kier alpha value is -2.13. The Balaban J connectivity index is 1.74. The number of nitrogens with zero attached hydrogens (tertiary/aromatic N) is 2. The van der Waals surface area contributed by atoms with Gasteiger partial charge in [0.2, 0.25) is 0 Å². The van der Waals surface area contributed by atoms with E-state index < -0.39 is 17.8 Å². The Bertz CT molecular complexity index is 730. The highest BCUT2D eigenvalue weighted by molar-refractivity contribution is 6.29. The van der Waals surface area contributed by atoms with Gasteiger partial charge in [-0.2, -0.15) is 0 Å². The minimum absolute atomic E-state index is 0.0473. The molecule has 1 saturated heterocycles. The van der Waals surface area contributed by atoms with E-state index in [1.807, 2.05) is 6.92 Å². The minimum atomic E-state index is -0.687. The molecule has 6 N–H and O–H groups in total. The second-order valence-electron chi connectivity index (χ2n) is 9.32. The molecule has 9 heteroatoms. The number of rotatable bonds is 7. The first-order valence-corrected chi connectivity index (χ1v) is 10.9. The Labute approximate surface area is 177 Å². The van der Waals surface area contributed by atoms with Crippen LogP contribution in [0.15, 0.2) is 11.4 Å². The first-order chi connectivity index (χ1) is 14.2. The Morgan fingerprint density at radius 2 is 1.77 bits per heavy atom. The quantitative estimate of drug-likeness (QED) is 0.411. The van der Waals surface area contributed by atoms with Crippen LogP contribution in [0, 0.1) is 10.8 Å². The number of imide groups is 2. The van der Waals surface area contributed by atoms with Crippen LogP contribution in [-0.2, 0) is 14.3 Å². The van der Waals surface area contributed by atoms with Gasteiger partial charge in [0.25, 0.3) is 11.8 Å². The van der Waals surface area contributed by atoms with E-state index in [4.69, 9.17) is 21.9 Å². The average molecular weight is 422 g/mol. The molecule has 0 bridgehead atoms. The molecule has 30 heavy (non-hydrogen) atoms. The number of ether oxygens (including phenoxy) is 1. The molecule has 0 aromatic heterocycles. The van der Waals surface area contributed by atoms with E-state index in [0.717, 1.165) is 37.0 Å². The van der Waals surface area contributed by atoms with E-state index in [0.29, 0.717) is 32.4 Å². The van der Waals surface area contributed by atoms with Crippen LogP contribution in [-0.4, -0.2) is 60.5 Å². The van der Waals surface area contributed by atoms with Crippen LogP contribution in [0.1, 0.15) is 58.3 Å². The Morgan fingerprint density at radius 3 is 2.27 bits per heavy atom. The molecule has 0 atom stereocenters. The van der Waals surface area contributed by atoms with Gasteiger partial charge in [0.05, 0.1) is 6.61 Å². The standard InChI is InChI=1S/C21H35N5O4/c1-3-4-9-25-17(27)15(16(23)24)18(28)26(19(25)29)14-5-7-20(8-6-14)10-21(11-20,12-22)13-30-2/h14H,3-13,22-24H2,1-2H3. The first kappa shape index (κ1) is 22.6. The third-order valence-electron chi connectivity index (χ3n) is 7.12. The van der Waals surface area contributed by atoms with Crippen molar-refractivity contribution in [3.8, 4) is 0 Å². The van der Waals surface area contributed by atoms with Gasteiger partial charge in [-0.1, -0.05) is 13.3 Å². The topological polar surface area (TPSA) is 145 Å². The zero-order valence-electron chi connectivity index (χ0n) is 18.1. The van der Waals surface area contributed by atoms with E-state index in [9.17, 15) is 14.4 Å². The van der Waals surface area contributed by atoms with Crippen molar-refractivity contribution in [1.29, 1.82) is 0 Å². The molecule has 3 aliphatic rings. The van der Waals surface area contributed by atoms with Crippen LogP contribution in [0.4, 0.5) is 4.79 Å². The van der Waals surface area contributed by atoms with Crippen LogP contribution < -0.4 is 17.2 Å². The van der Waals surface area contributed by atoms with Gasteiger partial charge in [-0.25, -0.2) is 4.79 Å². The molecule has 0 radical (unpaired) electrons. The predicted octanol–water partition coefficient (Wildman–Crippen LogP) is 1.02. The average Bonchev–Trinajstić information content (AvgIpc) is 2.67. The zero-order valence-corrected chi connectivity index (χ0v) is 18.1. The molecular weight excluding hydrogens is 386 g/mol. The van der Waals surface area contributed by atoms with Crippen LogP contribution >= 0.6 is 0 Å². The van der Waals surface area contributed by atoms with Gasteiger partial charge in [-0.15, -0.1) is 0 Å². The molecule has 1 spiro atoms. The van der Waals surface area contributed by atoms with E-state index in [-0.39, 0.29) is 34.8 Å². The van der Waals surface area contributed by atoms with Gasteiger partial charge in [0, 0.05) is 31.7 Å². The summed E-state index contributed by atoms with van der Waals surface area (Å²) in [4.78, 5) is 41.1. The van der Waals surface area contributed by atoms with Crippen molar-refractivity contribution in [2.45, 2.75) is 64.3 Å². The summed E-state index contributed by atoms with van der Waals surface area (Å²) < 4.78 is 5.36. The molecular formula is C21H35N5O4. The Morgan fingerprint density at radius 1 is 1.13 bits per heavy atom. The summed E-state index contributed by atoms with van der Waals surface area (Å²) in [6.45, 7) is 3.49. The molecule has 1 heterocycles. The monoisotopic (exact) mass is 421 g/mol. The highest BCUT2D eigenvalue weighted by Gasteiger charge is 2.56. The van der Waals surface area contributed by atoms with Crippen molar-refractivity contribution in [3.63, 3.8) is 0 Å². The largest absolute Gasteiger partial charge is 0.385 e. The fourth-order valence-electron chi connectivity index (χ4n) is 5.71. The molecule has 168 valence electrons. The predicted molar refractivity (Wildman–Crippen MR) is 112 cm³/mol. The number of urea groups is 1. The number of amides is 4. The normalized spacial score (nSPS) is 32.0. The summed E-state index contributed by atoms with van der Waals surface area (Å²) in [5.74, 6) is -1.68. The molecule has 3 rings (SSSR count). The number of nitrogens with two attached hydrogens (primary N) is 3. The van der Waals surface area contributed by atoms with Crippen LogP contribution in [0.5, 0.6) is 0 Å². The van der Waals surface area contributed by atoms with E-state index in [1.165, 1.54) is 4.90 Å². The number of unbranched alkanes of at least 4 members (excludes halogenated alkanes) is 1. The first-order valence-electron chi connectivity index (χ1n) is 10.9. The number of carbonyl (C=O) groups is 3. The Kier molecular flexibility index (Phi) is 6.43. The van der Waals surface area contributed by atoms with Gasteiger partial charge in [0.1, 0.15) is 11.4 Å². The number of methoxy groups -OCH3 is 1. The summed E-state index contributed by atoms with van der Waals surface area (Å²) in [6, 6.07) is -0.800. The van der Waals surface area contributed by atoms with E-state index in [2.05, 4.69) is 0 Å². The molecule has 2 saturated carbocycles. The molecule has 0 aromatic carbocycles. The number of barbiturate groups is 1. The lowest BCUT2D eigenvalue weighted by Crippen LogP contribution is -2.62. The smallest absolute Gasteiger partial charge is 0.334 e. The van der Waals surface area contributed by atoms with Crippen LogP contribution in [0.25, 0.3) is 0 Å². The molecule has 4 amide bonds. The highest BCUT2D eigenvalue weighted by Crippen LogP contribution is 2.61. The molecule has 0 unspecified atom stereocenters. The number of carbonyl (C=O) groups excluding carboxylic acids is 3.